The van der Waals surface area contributed by atoms with Crippen LogP contribution < -0.4 is 15.4 Å². The molecular weight excluding hydrogens is 494 g/mol. The Hall–Kier alpha value is -3.80. The number of carbonyl (C=O) groups excluding carboxylic acids is 4. The van der Waals surface area contributed by atoms with Crippen LogP contribution in [0.4, 0.5) is 5.69 Å². The van der Waals surface area contributed by atoms with Gasteiger partial charge in [-0.2, -0.15) is 0 Å². The van der Waals surface area contributed by atoms with Crippen molar-refractivity contribution in [3.05, 3.63) is 59.7 Å². The highest BCUT2D eigenvalue weighted by Gasteiger charge is 2.45. The van der Waals surface area contributed by atoms with Gasteiger partial charge in [-0.15, -0.1) is 0 Å². The van der Waals surface area contributed by atoms with E-state index in [0.717, 1.165) is 10.6 Å². The van der Waals surface area contributed by atoms with E-state index in [4.69, 9.17) is 18.9 Å². The van der Waals surface area contributed by atoms with Crippen molar-refractivity contribution in [3.63, 3.8) is 0 Å². The number of carbonyl (C=O) groups is 4. The van der Waals surface area contributed by atoms with E-state index in [0.29, 0.717) is 58.5 Å². The minimum absolute atomic E-state index is 0.0761. The van der Waals surface area contributed by atoms with Gasteiger partial charge in [0.05, 0.1) is 50.8 Å². The van der Waals surface area contributed by atoms with Gasteiger partial charge in [0.1, 0.15) is 18.4 Å². The molecule has 1 fully saturated rings. The zero-order valence-corrected chi connectivity index (χ0v) is 21.0. The van der Waals surface area contributed by atoms with Crippen LogP contribution in [0.3, 0.4) is 0 Å². The molecule has 1 saturated heterocycles. The highest BCUT2D eigenvalue weighted by molar-refractivity contribution is 6.25. The van der Waals surface area contributed by atoms with Gasteiger partial charge in [-0.3, -0.25) is 29.4 Å². The summed E-state index contributed by atoms with van der Waals surface area (Å²) in [5.41, 5.74) is 0.941. The number of ether oxygens (including phenoxy) is 4. The van der Waals surface area contributed by atoms with Crippen molar-refractivity contribution in [1.82, 2.24) is 10.2 Å². The molecule has 4 rings (SSSR count). The highest BCUT2D eigenvalue weighted by Crippen LogP contribution is 2.32. The van der Waals surface area contributed by atoms with Gasteiger partial charge in [-0.1, -0.05) is 24.3 Å². The summed E-state index contributed by atoms with van der Waals surface area (Å²) in [6.45, 7) is 3.43. The molecule has 0 radical (unpaired) electrons. The third-order valence-electron chi connectivity index (χ3n) is 6.01. The summed E-state index contributed by atoms with van der Waals surface area (Å²) in [6.07, 6.45) is 0.191. The summed E-state index contributed by atoms with van der Waals surface area (Å²) in [4.78, 5) is 50.6. The maximum absolute atomic E-state index is 13.1. The van der Waals surface area contributed by atoms with E-state index in [1.165, 1.54) is 0 Å². The van der Waals surface area contributed by atoms with Crippen molar-refractivity contribution in [2.75, 3.05) is 58.1 Å². The smallest absolute Gasteiger partial charge is 0.264 e. The molecule has 2 aromatic rings. The molecule has 2 aliphatic heterocycles. The maximum Gasteiger partial charge on any atom is 0.264 e. The summed E-state index contributed by atoms with van der Waals surface area (Å²) in [6, 6.07) is 13.5. The predicted molar refractivity (Wildman–Crippen MR) is 136 cm³/mol. The van der Waals surface area contributed by atoms with Crippen molar-refractivity contribution < 1.29 is 38.1 Å². The molecule has 2 N–H and O–H groups in total. The van der Waals surface area contributed by atoms with Gasteiger partial charge in [-0.25, -0.2) is 0 Å². The Balaban J connectivity index is 1.09. The first-order chi connectivity index (χ1) is 18.6. The topological polar surface area (TPSA) is 132 Å². The second-order valence-corrected chi connectivity index (χ2v) is 8.60. The summed E-state index contributed by atoms with van der Waals surface area (Å²) in [7, 11) is 0. The molecule has 2 aliphatic rings. The van der Waals surface area contributed by atoms with Crippen LogP contribution in [-0.2, 0) is 23.8 Å². The monoisotopic (exact) mass is 525 g/mol. The Kier molecular flexibility index (Phi) is 9.79. The number of hydrogen-bond donors (Lipinski definition) is 2. The van der Waals surface area contributed by atoms with Crippen LogP contribution in [0.1, 0.15) is 33.6 Å². The van der Waals surface area contributed by atoms with Crippen molar-refractivity contribution in [2.24, 2.45) is 0 Å². The second kappa shape index (κ2) is 13.7. The van der Waals surface area contributed by atoms with Gasteiger partial charge < -0.3 is 24.3 Å². The Labute approximate surface area is 220 Å². The van der Waals surface area contributed by atoms with E-state index in [-0.39, 0.29) is 24.0 Å². The molecule has 38 heavy (non-hydrogen) atoms. The highest BCUT2D eigenvalue weighted by atomic mass is 16.6. The van der Waals surface area contributed by atoms with Crippen LogP contribution >= 0.6 is 0 Å². The number of amides is 4. The molecule has 1 unspecified atom stereocenters. The average molecular weight is 526 g/mol. The number of anilines is 1. The number of imide groups is 2. The Morgan fingerprint density at radius 2 is 1.47 bits per heavy atom. The van der Waals surface area contributed by atoms with Crippen molar-refractivity contribution >= 4 is 29.3 Å². The minimum Gasteiger partial charge on any atom is -0.491 e. The molecule has 11 heteroatoms. The van der Waals surface area contributed by atoms with Crippen LogP contribution in [-0.4, -0.2) is 87.4 Å². The van der Waals surface area contributed by atoms with Crippen LogP contribution in [0.2, 0.25) is 0 Å². The largest absolute Gasteiger partial charge is 0.491 e. The Morgan fingerprint density at radius 1 is 0.789 bits per heavy atom. The summed E-state index contributed by atoms with van der Waals surface area (Å²) < 4.78 is 22.1. The lowest BCUT2D eigenvalue weighted by Crippen LogP contribution is -2.54. The lowest BCUT2D eigenvalue weighted by atomic mass is 10.0. The Bertz CT molecular complexity index is 1140. The van der Waals surface area contributed by atoms with Crippen LogP contribution in [0.25, 0.3) is 0 Å². The average Bonchev–Trinajstić information content (AvgIpc) is 3.17. The third kappa shape index (κ3) is 6.94. The summed E-state index contributed by atoms with van der Waals surface area (Å²) in [5, 5.41) is 5.32. The summed E-state index contributed by atoms with van der Waals surface area (Å²) >= 11 is 0. The van der Waals surface area contributed by atoms with Gasteiger partial charge in [0.2, 0.25) is 11.8 Å². The minimum atomic E-state index is -0.996. The standard InChI is InChI=1S/C27H31N3O8/c31-23-10-9-22(25(32)29-23)30-26(33)20-7-4-8-21(24(20)27(30)34)28-11-12-35-13-14-36-15-16-37-17-18-38-19-5-2-1-3-6-19/h1-8,22,28H,9-18H2,(H,29,31,32). The molecule has 1 atom stereocenters. The van der Waals surface area contributed by atoms with E-state index in [1.54, 1.807) is 18.2 Å². The van der Waals surface area contributed by atoms with E-state index in [2.05, 4.69) is 10.6 Å². The number of benzene rings is 2. The van der Waals surface area contributed by atoms with Gasteiger partial charge in [0.25, 0.3) is 11.8 Å². The third-order valence-corrected chi connectivity index (χ3v) is 6.01. The molecule has 0 aromatic heterocycles. The molecule has 0 bridgehead atoms. The Morgan fingerprint density at radius 3 is 2.18 bits per heavy atom. The second-order valence-electron chi connectivity index (χ2n) is 8.60. The van der Waals surface area contributed by atoms with Gasteiger partial charge in [0, 0.05) is 18.7 Å². The number of fused-ring (bicyclic) bond motifs is 1. The zero-order valence-electron chi connectivity index (χ0n) is 21.0. The normalized spacial score (nSPS) is 16.9. The first-order valence-electron chi connectivity index (χ1n) is 12.6. The van der Waals surface area contributed by atoms with Gasteiger partial charge >= 0.3 is 0 Å². The molecule has 11 nitrogen and oxygen atoms in total. The SMILES string of the molecule is O=C1CCC(N2C(=O)c3cccc(NCCOCCOCCOCCOc4ccccc4)c3C2=O)C(=O)N1. The number of nitrogens with zero attached hydrogens (tertiary/aromatic N) is 1. The fourth-order valence-electron chi connectivity index (χ4n) is 4.20. The van der Waals surface area contributed by atoms with Crippen LogP contribution in [0.5, 0.6) is 5.75 Å². The molecule has 0 aliphatic carbocycles. The zero-order chi connectivity index (χ0) is 26.7. The van der Waals surface area contributed by atoms with Gasteiger partial charge in [-0.05, 0) is 30.7 Å². The molecule has 202 valence electrons. The molecule has 2 heterocycles. The van der Waals surface area contributed by atoms with Crippen molar-refractivity contribution in [3.8, 4) is 5.75 Å². The molecule has 0 spiro atoms. The van der Waals surface area contributed by atoms with Crippen LogP contribution in [0, 0.1) is 0 Å². The van der Waals surface area contributed by atoms with E-state index in [1.807, 2.05) is 30.3 Å². The van der Waals surface area contributed by atoms with Crippen molar-refractivity contribution in [2.45, 2.75) is 18.9 Å². The van der Waals surface area contributed by atoms with E-state index >= 15 is 0 Å². The van der Waals surface area contributed by atoms with E-state index < -0.39 is 29.7 Å². The number of hydrogen-bond acceptors (Lipinski definition) is 9. The number of rotatable bonds is 15. The lowest BCUT2D eigenvalue weighted by molar-refractivity contribution is -0.136. The summed E-state index contributed by atoms with van der Waals surface area (Å²) in [5.74, 6) is -1.32. The maximum atomic E-state index is 13.1. The fourth-order valence-corrected chi connectivity index (χ4v) is 4.20. The molecule has 2 aromatic carbocycles. The molecule has 0 saturated carbocycles. The first-order valence-corrected chi connectivity index (χ1v) is 12.6. The van der Waals surface area contributed by atoms with Gasteiger partial charge in [0.15, 0.2) is 0 Å². The fraction of sp³-hybridized carbons (Fsp3) is 0.407. The molecule has 4 amide bonds. The number of nitrogens with one attached hydrogen (secondary N) is 2. The number of piperidine rings is 1. The quantitative estimate of drug-likeness (QED) is 0.263. The lowest BCUT2D eigenvalue weighted by Gasteiger charge is -2.27. The van der Waals surface area contributed by atoms with E-state index in [9.17, 15) is 19.2 Å². The predicted octanol–water partition coefficient (Wildman–Crippen LogP) is 1.63. The number of para-hydroxylation sites is 1. The van der Waals surface area contributed by atoms with Crippen LogP contribution in [0.15, 0.2) is 48.5 Å². The molecular formula is C27H31N3O8. The first kappa shape index (κ1) is 27.2. The van der Waals surface area contributed by atoms with Crippen molar-refractivity contribution in [1.29, 1.82) is 0 Å².